The first-order chi connectivity index (χ1) is 7.63. The van der Waals surface area contributed by atoms with Gasteiger partial charge in [-0.25, -0.2) is 0 Å². The minimum atomic E-state index is 0.583. The third-order valence-electron chi connectivity index (χ3n) is 2.11. The molecule has 16 heavy (non-hydrogen) atoms. The Bertz CT molecular complexity index is 353. The summed E-state index contributed by atoms with van der Waals surface area (Å²) in [5, 5.41) is 0. The molecule has 4 heteroatoms. The number of hydrogen-bond donors (Lipinski definition) is 0. The normalized spacial score (nSPS) is 10.5. The van der Waals surface area contributed by atoms with Crippen molar-refractivity contribution >= 4 is 22.2 Å². The molecule has 0 saturated carbocycles. The molecule has 0 spiro atoms. The minimum absolute atomic E-state index is 0.583. The first-order valence-corrected chi connectivity index (χ1v) is 5.95. The lowest BCUT2D eigenvalue weighted by Gasteiger charge is -2.11. The number of rotatable bonds is 6. The van der Waals surface area contributed by atoms with Gasteiger partial charge in [0.15, 0.2) is 6.29 Å². The van der Waals surface area contributed by atoms with Crippen molar-refractivity contribution in [2.45, 2.75) is 6.42 Å². The Morgan fingerprint density at radius 1 is 1.44 bits per heavy atom. The monoisotopic (exact) mass is 285 g/mol. The van der Waals surface area contributed by atoms with Crippen molar-refractivity contribution in [2.75, 3.05) is 27.2 Å². The summed E-state index contributed by atoms with van der Waals surface area (Å²) in [6.45, 7) is 1.60. The Balaban J connectivity index is 2.50. The Hall–Kier alpha value is -0.870. The van der Waals surface area contributed by atoms with E-state index in [0.717, 1.165) is 23.7 Å². The second-order valence-electron chi connectivity index (χ2n) is 3.81. The number of carbonyl (C=O) groups excluding carboxylic acids is 1. The maximum absolute atomic E-state index is 10.8. The molecule has 0 N–H and O–H groups in total. The van der Waals surface area contributed by atoms with E-state index in [1.807, 2.05) is 26.2 Å². The molecule has 0 aromatic heterocycles. The van der Waals surface area contributed by atoms with Crippen LogP contribution in [-0.4, -0.2) is 38.4 Å². The highest BCUT2D eigenvalue weighted by Crippen LogP contribution is 2.21. The molecule has 0 bridgehead atoms. The van der Waals surface area contributed by atoms with Gasteiger partial charge in [-0.1, -0.05) is 15.9 Å². The van der Waals surface area contributed by atoms with E-state index in [4.69, 9.17) is 4.74 Å². The summed E-state index contributed by atoms with van der Waals surface area (Å²) < 4.78 is 6.44. The van der Waals surface area contributed by atoms with E-state index < -0.39 is 0 Å². The van der Waals surface area contributed by atoms with Crippen molar-refractivity contribution in [3.8, 4) is 5.75 Å². The molecule has 0 saturated heterocycles. The van der Waals surface area contributed by atoms with Crippen molar-refractivity contribution in [1.29, 1.82) is 0 Å². The molecule has 0 radical (unpaired) electrons. The lowest BCUT2D eigenvalue weighted by atomic mass is 10.2. The van der Waals surface area contributed by atoms with Gasteiger partial charge >= 0.3 is 0 Å². The molecular formula is C12H16BrNO2. The van der Waals surface area contributed by atoms with Crippen LogP contribution in [0.5, 0.6) is 5.75 Å². The van der Waals surface area contributed by atoms with Crippen molar-refractivity contribution < 1.29 is 9.53 Å². The molecule has 0 aliphatic carbocycles. The maximum atomic E-state index is 10.8. The average molecular weight is 286 g/mol. The fourth-order valence-corrected chi connectivity index (χ4v) is 1.68. The Kier molecular flexibility index (Phi) is 5.49. The Morgan fingerprint density at radius 3 is 2.81 bits per heavy atom. The zero-order valence-electron chi connectivity index (χ0n) is 9.57. The molecule has 1 aromatic rings. The molecule has 0 unspecified atom stereocenters. The molecule has 0 aliphatic heterocycles. The van der Waals surface area contributed by atoms with E-state index in [1.165, 1.54) is 0 Å². The van der Waals surface area contributed by atoms with Crippen molar-refractivity contribution in [1.82, 2.24) is 4.90 Å². The SMILES string of the molecule is CN(C)CCCOc1ccc(Br)cc1C=O. The molecule has 88 valence electrons. The van der Waals surface area contributed by atoms with Crippen molar-refractivity contribution in [2.24, 2.45) is 0 Å². The molecule has 0 amide bonds. The van der Waals surface area contributed by atoms with Crippen molar-refractivity contribution in [3.05, 3.63) is 28.2 Å². The predicted molar refractivity (Wildman–Crippen MR) is 68.2 cm³/mol. The third kappa shape index (κ3) is 4.33. The maximum Gasteiger partial charge on any atom is 0.153 e. The summed E-state index contributed by atoms with van der Waals surface area (Å²) in [5.74, 6) is 0.650. The lowest BCUT2D eigenvalue weighted by Crippen LogP contribution is -2.15. The standard InChI is InChI=1S/C12H16BrNO2/c1-14(2)6-3-7-16-12-5-4-11(13)8-10(12)9-15/h4-5,8-9H,3,6-7H2,1-2H3. The summed E-state index contributed by atoms with van der Waals surface area (Å²) in [4.78, 5) is 12.9. The number of halogens is 1. The van der Waals surface area contributed by atoms with Crippen LogP contribution in [-0.2, 0) is 0 Å². The summed E-state index contributed by atoms with van der Waals surface area (Å²) in [5.41, 5.74) is 0.583. The summed E-state index contributed by atoms with van der Waals surface area (Å²) >= 11 is 3.32. The van der Waals surface area contributed by atoms with E-state index >= 15 is 0 Å². The largest absolute Gasteiger partial charge is 0.493 e. The van der Waals surface area contributed by atoms with Gasteiger partial charge in [0.25, 0.3) is 0 Å². The molecule has 0 fully saturated rings. The van der Waals surface area contributed by atoms with Gasteiger partial charge in [0, 0.05) is 11.0 Å². The molecule has 0 heterocycles. The zero-order valence-corrected chi connectivity index (χ0v) is 11.2. The first kappa shape index (κ1) is 13.2. The van der Waals surface area contributed by atoms with Gasteiger partial charge in [-0.3, -0.25) is 4.79 Å². The Labute approximate surface area is 105 Å². The number of aldehydes is 1. The van der Waals surface area contributed by atoms with Crippen LogP contribution in [0.2, 0.25) is 0 Å². The average Bonchev–Trinajstić information content (AvgIpc) is 2.25. The first-order valence-electron chi connectivity index (χ1n) is 5.15. The van der Waals surface area contributed by atoms with Gasteiger partial charge < -0.3 is 9.64 Å². The molecular weight excluding hydrogens is 270 g/mol. The molecule has 0 aliphatic rings. The number of benzene rings is 1. The predicted octanol–water partition coefficient (Wildman–Crippen LogP) is 2.59. The van der Waals surface area contributed by atoms with Crippen molar-refractivity contribution in [3.63, 3.8) is 0 Å². The van der Waals surface area contributed by atoms with E-state index in [9.17, 15) is 4.79 Å². The Morgan fingerprint density at radius 2 is 2.19 bits per heavy atom. The van der Waals surface area contributed by atoms with E-state index in [0.29, 0.717) is 17.9 Å². The third-order valence-corrected chi connectivity index (χ3v) is 2.60. The highest BCUT2D eigenvalue weighted by atomic mass is 79.9. The second-order valence-corrected chi connectivity index (χ2v) is 4.72. The molecule has 1 aromatic carbocycles. The van der Waals surface area contributed by atoms with Gasteiger partial charge in [-0.2, -0.15) is 0 Å². The number of hydrogen-bond acceptors (Lipinski definition) is 3. The highest BCUT2D eigenvalue weighted by Gasteiger charge is 2.03. The number of carbonyl (C=O) groups is 1. The quantitative estimate of drug-likeness (QED) is 0.594. The van der Waals surface area contributed by atoms with Crippen LogP contribution < -0.4 is 4.74 Å². The molecule has 0 atom stereocenters. The smallest absolute Gasteiger partial charge is 0.153 e. The van der Waals surface area contributed by atoms with Gasteiger partial charge in [0.1, 0.15) is 5.75 Å². The second kappa shape index (κ2) is 6.66. The summed E-state index contributed by atoms with van der Waals surface area (Å²) in [7, 11) is 4.05. The topological polar surface area (TPSA) is 29.5 Å². The van der Waals surface area contributed by atoms with Crippen LogP contribution in [0.4, 0.5) is 0 Å². The van der Waals surface area contributed by atoms with E-state index in [1.54, 1.807) is 6.07 Å². The van der Waals surface area contributed by atoms with Crippen LogP contribution in [0.15, 0.2) is 22.7 Å². The fraction of sp³-hybridized carbons (Fsp3) is 0.417. The molecule has 1 rings (SSSR count). The van der Waals surface area contributed by atoms with Gasteiger partial charge in [-0.05, 0) is 38.7 Å². The lowest BCUT2D eigenvalue weighted by molar-refractivity contribution is 0.111. The van der Waals surface area contributed by atoms with Crippen LogP contribution >= 0.6 is 15.9 Å². The van der Waals surface area contributed by atoms with Crippen LogP contribution in [0.25, 0.3) is 0 Å². The fourth-order valence-electron chi connectivity index (χ4n) is 1.31. The number of ether oxygens (including phenoxy) is 1. The van der Waals surface area contributed by atoms with E-state index in [-0.39, 0.29) is 0 Å². The van der Waals surface area contributed by atoms with Gasteiger partial charge in [0.05, 0.1) is 12.2 Å². The van der Waals surface area contributed by atoms with Gasteiger partial charge in [-0.15, -0.1) is 0 Å². The zero-order chi connectivity index (χ0) is 12.0. The number of nitrogens with zero attached hydrogens (tertiary/aromatic N) is 1. The highest BCUT2D eigenvalue weighted by molar-refractivity contribution is 9.10. The minimum Gasteiger partial charge on any atom is -0.493 e. The summed E-state index contributed by atoms with van der Waals surface area (Å²) in [6, 6.07) is 5.44. The van der Waals surface area contributed by atoms with Crippen LogP contribution in [0.3, 0.4) is 0 Å². The molecule has 3 nitrogen and oxygen atoms in total. The van der Waals surface area contributed by atoms with Crippen LogP contribution in [0.1, 0.15) is 16.8 Å². The van der Waals surface area contributed by atoms with E-state index in [2.05, 4.69) is 20.8 Å². The van der Waals surface area contributed by atoms with Crippen LogP contribution in [0, 0.1) is 0 Å². The summed E-state index contributed by atoms with van der Waals surface area (Å²) in [6.07, 6.45) is 1.76. The van der Waals surface area contributed by atoms with Gasteiger partial charge in [0.2, 0.25) is 0 Å².